The maximum atomic E-state index is 12.3. The molecule has 2 N–H and O–H groups in total. The molecule has 0 aromatic heterocycles. The van der Waals surface area contributed by atoms with E-state index in [1.807, 2.05) is 34.9 Å². The number of benzene rings is 1. The Morgan fingerprint density at radius 1 is 1.47 bits per heavy atom. The van der Waals surface area contributed by atoms with Crippen molar-refractivity contribution in [2.75, 3.05) is 18.1 Å². The summed E-state index contributed by atoms with van der Waals surface area (Å²) in [4.78, 5) is 14.3. The second-order valence-electron chi connectivity index (χ2n) is 5.09. The van der Waals surface area contributed by atoms with Gasteiger partial charge in [0.15, 0.2) is 0 Å². The molecule has 0 bridgehead atoms. The van der Waals surface area contributed by atoms with Crippen LogP contribution < -0.4 is 5.73 Å². The Kier molecular flexibility index (Phi) is 5.28. The third-order valence-electron chi connectivity index (χ3n) is 3.55. The van der Waals surface area contributed by atoms with Gasteiger partial charge < -0.3 is 10.6 Å². The van der Waals surface area contributed by atoms with E-state index in [4.69, 9.17) is 5.73 Å². The molecule has 1 aliphatic heterocycles. The molecule has 2 atom stereocenters. The summed E-state index contributed by atoms with van der Waals surface area (Å²) in [6, 6.07) is 10.1. The highest BCUT2D eigenvalue weighted by Gasteiger charge is 2.27. The molecule has 0 aliphatic carbocycles. The van der Waals surface area contributed by atoms with Crippen molar-refractivity contribution >= 4 is 17.7 Å². The quantitative estimate of drug-likeness (QED) is 0.915. The largest absolute Gasteiger partial charge is 0.337 e. The lowest BCUT2D eigenvalue weighted by atomic mass is 10.0. The molecule has 0 saturated carbocycles. The molecule has 1 aliphatic rings. The molecule has 2 unspecified atom stereocenters. The first-order chi connectivity index (χ1) is 9.18. The molecule has 1 heterocycles. The Bertz CT molecular complexity index is 410. The lowest BCUT2D eigenvalue weighted by Gasteiger charge is -2.34. The van der Waals surface area contributed by atoms with E-state index in [2.05, 4.69) is 19.1 Å². The Morgan fingerprint density at radius 3 is 2.89 bits per heavy atom. The van der Waals surface area contributed by atoms with E-state index in [1.54, 1.807) is 0 Å². The molecule has 1 fully saturated rings. The van der Waals surface area contributed by atoms with Gasteiger partial charge >= 0.3 is 0 Å². The molecule has 104 valence electrons. The Balaban J connectivity index is 1.85. The normalized spacial score (nSPS) is 21.2. The molecule has 1 aromatic carbocycles. The summed E-state index contributed by atoms with van der Waals surface area (Å²) in [5.74, 6) is 2.17. The van der Waals surface area contributed by atoms with Crippen LogP contribution in [0.5, 0.6) is 0 Å². The third-order valence-corrected chi connectivity index (χ3v) is 4.74. The SMILES string of the molecule is CC1CSCCN1C(=O)C(N)CCc1ccccc1. The zero-order valence-electron chi connectivity index (χ0n) is 11.4. The van der Waals surface area contributed by atoms with Gasteiger partial charge in [0.25, 0.3) is 0 Å². The highest BCUT2D eigenvalue weighted by Crippen LogP contribution is 2.17. The first kappa shape index (κ1) is 14.4. The molecule has 1 amide bonds. The molecule has 2 rings (SSSR count). The fourth-order valence-electron chi connectivity index (χ4n) is 2.36. The van der Waals surface area contributed by atoms with Crippen LogP contribution in [-0.2, 0) is 11.2 Å². The van der Waals surface area contributed by atoms with Crippen molar-refractivity contribution in [3.8, 4) is 0 Å². The zero-order valence-corrected chi connectivity index (χ0v) is 12.2. The predicted molar refractivity (Wildman–Crippen MR) is 81.2 cm³/mol. The molecule has 0 spiro atoms. The molecule has 0 radical (unpaired) electrons. The fraction of sp³-hybridized carbons (Fsp3) is 0.533. The Hall–Kier alpha value is -1.00. The molecular weight excluding hydrogens is 256 g/mol. The maximum absolute atomic E-state index is 12.3. The first-order valence-electron chi connectivity index (χ1n) is 6.86. The van der Waals surface area contributed by atoms with E-state index < -0.39 is 0 Å². The summed E-state index contributed by atoms with van der Waals surface area (Å²) in [5, 5.41) is 0. The number of thioether (sulfide) groups is 1. The molecule has 1 saturated heterocycles. The highest BCUT2D eigenvalue weighted by molar-refractivity contribution is 7.99. The summed E-state index contributed by atoms with van der Waals surface area (Å²) in [6.45, 7) is 2.94. The van der Waals surface area contributed by atoms with Gasteiger partial charge in [0, 0.05) is 24.1 Å². The van der Waals surface area contributed by atoms with Crippen LogP contribution >= 0.6 is 11.8 Å². The van der Waals surface area contributed by atoms with Gasteiger partial charge in [0.05, 0.1) is 6.04 Å². The monoisotopic (exact) mass is 278 g/mol. The predicted octanol–water partition coefficient (Wildman–Crippen LogP) is 1.91. The number of hydrogen-bond donors (Lipinski definition) is 1. The van der Waals surface area contributed by atoms with Gasteiger partial charge in [0.1, 0.15) is 0 Å². The van der Waals surface area contributed by atoms with Gasteiger partial charge in [-0.2, -0.15) is 11.8 Å². The summed E-state index contributed by atoms with van der Waals surface area (Å²) < 4.78 is 0. The molecule has 1 aromatic rings. The average molecular weight is 278 g/mol. The maximum Gasteiger partial charge on any atom is 0.239 e. The summed E-state index contributed by atoms with van der Waals surface area (Å²) in [5.41, 5.74) is 7.30. The van der Waals surface area contributed by atoms with Gasteiger partial charge in [-0.15, -0.1) is 0 Å². The van der Waals surface area contributed by atoms with E-state index in [0.29, 0.717) is 6.04 Å². The smallest absolute Gasteiger partial charge is 0.239 e. The van der Waals surface area contributed by atoms with Crippen LogP contribution in [0.25, 0.3) is 0 Å². The molecule has 3 nitrogen and oxygen atoms in total. The van der Waals surface area contributed by atoms with Crippen molar-refractivity contribution in [2.24, 2.45) is 5.73 Å². The summed E-state index contributed by atoms with van der Waals surface area (Å²) >= 11 is 1.91. The number of carbonyl (C=O) groups is 1. The van der Waals surface area contributed by atoms with E-state index in [1.165, 1.54) is 5.56 Å². The first-order valence-corrected chi connectivity index (χ1v) is 8.01. The average Bonchev–Trinajstić information content (AvgIpc) is 2.45. The number of amides is 1. The topological polar surface area (TPSA) is 46.3 Å². The van der Waals surface area contributed by atoms with Crippen LogP contribution in [0, 0.1) is 0 Å². The van der Waals surface area contributed by atoms with Crippen LogP contribution in [-0.4, -0.2) is 40.9 Å². The highest BCUT2D eigenvalue weighted by atomic mass is 32.2. The van der Waals surface area contributed by atoms with Crippen molar-refractivity contribution in [2.45, 2.75) is 31.8 Å². The molecule has 19 heavy (non-hydrogen) atoms. The van der Waals surface area contributed by atoms with Crippen LogP contribution in [0.2, 0.25) is 0 Å². The van der Waals surface area contributed by atoms with Crippen LogP contribution in [0.3, 0.4) is 0 Å². The Labute approximate surface area is 119 Å². The zero-order chi connectivity index (χ0) is 13.7. The van der Waals surface area contributed by atoms with Crippen LogP contribution in [0.1, 0.15) is 18.9 Å². The number of hydrogen-bond acceptors (Lipinski definition) is 3. The van der Waals surface area contributed by atoms with Crippen molar-refractivity contribution in [3.63, 3.8) is 0 Å². The minimum atomic E-state index is -0.370. The number of nitrogens with two attached hydrogens (primary N) is 1. The van der Waals surface area contributed by atoms with Gasteiger partial charge in [-0.3, -0.25) is 4.79 Å². The van der Waals surface area contributed by atoms with Gasteiger partial charge in [-0.25, -0.2) is 0 Å². The van der Waals surface area contributed by atoms with Gasteiger partial charge in [-0.1, -0.05) is 30.3 Å². The van der Waals surface area contributed by atoms with Crippen LogP contribution in [0.15, 0.2) is 30.3 Å². The van der Waals surface area contributed by atoms with E-state index in [-0.39, 0.29) is 11.9 Å². The minimum absolute atomic E-state index is 0.115. The van der Waals surface area contributed by atoms with Gasteiger partial charge in [0.2, 0.25) is 5.91 Å². The van der Waals surface area contributed by atoms with Crippen molar-refractivity contribution < 1.29 is 4.79 Å². The molecule has 4 heteroatoms. The second kappa shape index (κ2) is 6.96. The second-order valence-corrected chi connectivity index (χ2v) is 6.24. The molecular formula is C15H22N2OS. The number of nitrogens with zero attached hydrogens (tertiary/aromatic N) is 1. The van der Waals surface area contributed by atoms with E-state index in [9.17, 15) is 4.79 Å². The van der Waals surface area contributed by atoms with Crippen molar-refractivity contribution in [3.05, 3.63) is 35.9 Å². The minimum Gasteiger partial charge on any atom is -0.337 e. The fourth-order valence-corrected chi connectivity index (χ4v) is 3.37. The Morgan fingerprint density at radius 2 is 2.21 bits per heavy atom. The summed E-state index contributed by atoms with van der Waals surface area (Å²) in [7, 11) is 0. The van der Waals surface area contributed by atoms with Crippen molar-refractivity contribution in [1.29, 1.82) is 0 Å². The standard InChI is InChI=1S/C15H22N2OS/c1-12-11-19-10-9-17(12)15(18)14(16)8-7-13-5-3-2-4-6-13/h2-6,12,14H,7-11,16H2,1H3. The lowest BCUT2D eigenvalue weighted by Crippen LogP contribution is -2.51. The summed E-state index contributed by atoms with van der Waals surface area (Å²) in [6.07, 6.45) is 1.59. The van der Waals surface area contributed by atoms with Crippen LogP contribution in [0.4, 0.5) is 0 Å². The van der Waals surface area contributed by atoms with E-state index >= 15 is 0 Å². The third kappa shape index (κ3) is 3.98. The van der Waals surface area contributed by atoms with Crippen molar-refractivity contribution in [1.82, 2.24) is 4.90 Å². The number of rotatable bonds is 4. The number of carbonyl (C=O) groups excluding carboxylic acids is 1. The number of aryl methyl sites for hydroxylation is 1. The lowest BCUT2D eigenvalue weighted by molar-refractivity contribution is -0.134. The van der Waals surface area contributed by atoms with Gasteiger partial charge in [-0.05, 0) is 25.3 Å². The van der Waals surface area contributed by atoms with E-state index in [0.717, 1.165) is 30.9 Å².